The van der Waals surface area contributed by atoms with E-state index in [1.54, 1.807) is 0 Å². The smallest absolute Gasteiger partial charge is 0.397 e. The fourth-order valence-corrected chi connectivity index (χ4v) is 2.61. The molecule has 2 N–H and O–H groups in total. The summed E-state index contributed by atoms with van der Waals surface area (Å²) in [6.45, 7) is 1.63. The van der Waals surface area contributed by atoms with Crippen LogP contribution in [0.4, 0.5) is 24.5 Å². The van der Waals surface area contributed by atoms with Crippen LogP contribution in [0, 0.1) is 0 Å². The van der Waals surface area contributed by atoms with Crippen molar-refractivity contribution >= 4 is 11.4 Å². The van der Waals surface area contributed by atoms with Gasteiger partial charge in [0.1, 0.15) is 0 Å². The van der Waals surface area contributed by atoms with E-state index in [4.69, 9.17) is 5.73 Å². The summed E-state index contributed by atoms with van der Waals surface area (Å²) in [6, 6.07) is 4.01. The lowest BCUT2D eigenvalue weighted by Crippen LogP contribution is -2.45. The van der Waals surface area contributed by atoms with Crippen molar-refractivity contribution in [3.05, 3.63) is 23.8 Å². The van der Waals surface area contributed by atoms with E-state index < -0.39 is 11.7 Å². The molecular formula is C14H20F3N3. The van der Waals surface area contributed by atoms with Gasteiger partial charge in [0.2, 0.25) is 0 Å². The average molecular weight is 287 g/mol. The van der Waals surface area contributed by atoms with Crippen molar-refractivity contribution in [1.82, 2.24) is 4.90 Å². The maximum absolute atomic E-state index is 12.6. The Morgan fingerprint density at radius 3 is 2.55 bits per heavy atom. The Hall–Kier alpha value is -1.43. The number of nitrogens with two attached hydrogens (primary N) is 1. The number of nitrogens with zero attached hydrogens (tertiary/aromatic N) is 2. The standard InChI is InChI=1S/C14H20F3N3/c1-19(2)11-4-3-7-20(9-11)13-6-5-10(8-12(13)18)14(15,16)17/h5-6,8,11H,3-4,7,9,18H2,1-2H3/t11-/m1/s1. The fraction of sp³-hybridized carbons (Fsp3) is 0.571. The third kappa shape index (κ3) is 3.17. The summed E-state index contributed by atoms with van der Waals surface area (Å²) in [5, 5.41) is 0. The molecule has 1 atom stereocenters. The van der Waals surface area contributed by atoms with Crippen LogP contribution in [0.5, 0.6) is 0 Å². The molecule has 0 amide bonds. The highest BCUT2D eigenvalue weighted by Gasteiger charge is 2.31. The molecule has 0 spiro atoms. The molecule has 1 heterocycles. The summed E-state index contributed by atoms with van der Waals surface area (Å²) < 4.78 is 37.9. The van der Waals surface area contributed by atoms with Crippen LogP contribution in [0.25, 0.3) is 0 Å². The van der Waals surface area contributed by atoms with Gasteiger partial charge in [0.25, 0.3) is 0 Å². The Morgan fingerprint density at radius 2 is 2.00 bits per heavy atom. The number of piperidine rings is 1. The van der Waals surface area contributed by atoms with Crippen molar-refractivity contribution in [3.8, 4) is 0 Å². The second-order valence-electron chi connectivity index (χ2n) is 5.48. The molecule has 1 aromatic carbocycles. The van der Waals surface area contributed by atoms with Crippen LogP contribution in [0.1, 0.15) is 18.4 Å². The van der Waals surface area contributed by atoms with E-state index in [9.17, 15) is 13.2 Å². The first-order valence-electron chi connectivity index (χ1n) is 6.67. The first-order chi connectivity index (χ1) is 9.29. The number of hydrogen-bond acceptors (Lipinski definition) is 3. The van der Waals surface area contributed by atoms with Crippen LogP contribution in [0.15, 0.2) is 18.2 Å². The molecule has 0 aliphatic carbocycles. The summed E-state index contributed by atoms with van der Waals surface area (Å²) >= 11 is 0. The summed E-state index contributed by atoms with van der Waals surface area (Å²) in [5.74, 6) is 0. The maximum atomic E-state index is 12.6. The maximum Gasteiger partial charge on any atom is 0.416 e. The minimum absolute atomic E-state index is 0.194. The molecule has 3 nitrogen and oxygen atoms in total. The second-order valence-corrected chi connectivity index (χ2v) is 5.48. The molecule has 0 radical (unpaired) electrons. The topological polar surface area (TPSA) is 32.5 Å². The van der Waals surface area contributed by atoms with Crippen LogP contribution in [-0.4, -0.2) is 38.1 Å². The van der Waals surface area contributed by atoms with Crippen LogP contribution in [0.3, 0.4) is 0 Å². The fourth-order valence-electron chi connectivity index (χ4n) is 2.61. The zero-order valence-electron chi connectivity index (χ0n) is 11.7. The Labute approximate surface area is 117 Å². The van der Waals surface area contributed by atoms with Gasteiger partial charge in [-0.2, -0.15) is 13.2 Å². The molecule has 0 bridgehead atoms. The van der Waals surface area contributed by atoms with Gasteiger partial charge < -0.3 is 15.5 Å². The third-order valence-corrected chi connectivity index (χ3v) is 3.82. The minimum Gasteiger partial charge on any atom is -0.397 e. The van der Waals surface area contributed by atoms with Gasteiger partial charge in [-0.25, -0.2) is 0 Å². The van der Waals surface area contributed by atoms with Crippen molar-refractivity contribution in [2.24, 2.45) is 0 Å². The van der Waals surface area contributed by atoms with Gasteiger partial charge in [0.15, 0.2) is 0 Å². The second kappa shape index (κ2) is 5.52. The molecule has 1 fully saturated rings. The molecular weight excluding hydrogens is 267 g/mol. The Morgan fingerprint density at radius 1 is 1.30 bits per heavy atom. The molecule has 0 aromatic heterocycles. The largest absolute Gasteiger partial charge is 0.416 e. The number of halogens is 3. The Balaban J connectivity index is 2.21. The number of nitrogen functional groups attached to an aromatic ring is 1. The molecule has 2 rings (SSSR count). The lowest BCUT2D eigenvalue weighted by molar-refractivity contribution is -0.137. The average Bonchev–Trinajstić information content (AvgIpc) is 2.37. The highest BCUT2D eigenvalue weighted by atomic mass is 19.4. The van der Waals surface area contributed by atoms with E-state index in [2.05, 4.69) is 9.80 Å². The van der Waals surface area contributed by atoms with E-state index in [1.807, 2.05) is 14.1 Å². The molecule has 1 aliphatic rings. The number of anilines is 2. The van der Waals surface area contributed by atoms with Crippen LogP contribution in [-0.2, 0) is 6.18 Å². The van der Waals surface area contributed by atoms with E-state index >= 15 is 0 Å². The van der Waals surface area contributed by atoms with E-state index in [0.29, 0.717) is 11.7 Å². The van der Waals surface area contributed by atoms with Crippen LogP contribution >= 0.6 is 0 Å². The zero-order valence-corrected chi connectivity index (χ0v) is 11.7. The minimum atomic E-state index is -4.35. The van der Waals surface area contributed by atoms with Gasteiger partial charge in [-0.15, -0.1) is 0 Å². The van der Waals surface area contributed by atoms with Crippen molar-refractivity contribution in [2.75, 3.05) is 37.8 Å². The van der Waals surface area contributed by atoms with Crippen LogP contribution < -0.4 is 10.6 Å². The lowest BCUT2D eigenvalue weighted by Gasteiger charge is -2.38. The molecule has 0 saturated carbocycles. The number of alkyl halides is 3. The number of likely N-dealkylation sites (N-methyl/N-ethyl adjacent to an activating group) is 1. The molecule has 6 heteroatoms. The quantitative estimate of drug-likeness (QED) is 0.849. The van der Waals surface area contributed by atoms with Gasteiger partial charge in [0, 0.05) is 19.1 Å². The highest BCUT2D eigenvalue weighted by molar-refractivity contribution is 5.69. The number of rotatable bonds is 2. The summed E-state index contributed by atoms with van der Waals surface area (Å²) in [6.07, 6.45) is -2.23. The lowest BCUT2D eigenvalue weighted by atomic mass is 10.0. The monoisotopic (exact) mass is 287 g/mol. The normalized spacial score (nSPS) is 20.5. The van der Waals surface area contributed by atoms with Gasteiger partial charge in [-0.3, -0.25) is 0 Å². The van der Waals surface area contributed by atoms with E-state index in [1.165, 1.54) is 6.07 Å². The van der Waals surface area contributed by atoms with Crippen molar-refractivity contribution in [2.45, 2.75) is 25.1 Å². The molecule has 112 valence electrons. The molecule has 1 aliphatic heterocycles. The van der Waals surface area contributed by atoms with Crippen molar-refractivity contribution in [3.63, 3.8) is 0 Å². The highest BCUT2D eigenvalue weighted by Crippen LogP contribution is 2.35. The Bertz CT molecular complexity index is 471. The van der Waals surface area contributed by atoms with E-state index in [-0.39, 0.29) is 5.69 Å². The first-order valence-corrected chi connectivity index (χ1v) is 6.67. The Kier molecular flexibility index (Phi) is 4.13. The zero-order chi connectivity index (χ0) is 14.9. The molecule has 1 saturated heterocycles. The third-order valence-electron chi connectivity index (χ3n) is 3.82. The van der Waals surface area contributed by atoms with Gasteiger partial charge >= 0.3 is 6.18 Å². The predicted molar refractivity (Wildman–Crippen MR) is 74.8 cm³/mol. The molecule has 1 aromatic rings. The molecule has 20 heavy (non-hydrogen) atoms. The summed E-state index contributed by atoms with van der Waals surface area (Å²) in [5.41, 5.74) is 6.01. The summed E-state index contributed by atoms with van der Waals surface area (Å²) in [7, 11) is 4.04. The van der Waals surface area contributed by atoms with E-state index in [0.717, 1.165) is 38.1 Å². The number of hydrogen-bond donors (Lipinski definition) is 1. The molecule has 0 unspecified atom stereocenters. The first kappa shape index (κ1) is 15.0. The van der Waals surface area contributed by atoms with Gasteiger partial charge in [-0.05, 0) is 45.1 Å². The predicted octanol–water partition coefficient (Wildman–Crippen LogP) is 2.82. The van der Waals surface area contributed by atoms with Crippen molar-refractivity contribution in [1.29, 1.82) is 0 Å². The summed E-state index contributed by atoms with van der Waals surface area (Å²) in [4.78, 5) is 4.22. The van der Waals surface area contributed by atoms with Crippen molar-refractivity contribution < 1.29 is 13.2 Å². The van der Waals surface area contributed by atoms with Gasteiger partial charge in [-0.1, -0.05) is 0 Å². The van der Waals surface area contributed by atoms with Crippen LogP contribution in [0.2, 0.25) is 0 Å². The SMILES string of the molecule is CN(C)[C@@H]1CCCN(c2ccc(C(F)(F)F)cc2N)C1. The van der Waals surface area contributed by atoms with Gasteiger partial charge in [0.05, 0.1) is 16.9 Å². The number of benzene rings is 1.